The molecule has 1 aliphatic carbocycles. The maximum absolute atomic E-state index is 11.3. The van der Waals surface area contributed by atoms with Crippen LogP contribution >= 0.6 is 0 Å². The molecule has 1 aliphatic heterocycles. The van der Waals surface area contributed by atoms with Crippen LogP contribution in [0.5, 0.6) is 0 Å². The van der Waals surface area contributed by atoms with Gasteiger partial charge < -0.3 is 5.32 Å². The standard InChI is InChI=1S/C10H13NO/c1-7-2-3-9-8(6-7)4-5-11-10(9)12/h4-5,8-9H,1-3,6H2,(H,11,12). The van der Waals surface area contributed by atoms with Crippen LogP contribution in [0.1, 0.15) is 19.3 Å². The third-order valence-electron chi connectivity index (χ3n) is 2.76. The van der Waals surface area contributed by atoms with Crippen molar-refractivity contribution in [2.75, 3.05) is 0 Å². The summed E-state index contributed by atoms with van der Waals surface area (Å²) in [5, 5.41) is 2.75. The number of amides is 1. The lowest BCUT2D eigenvalue weighted by atomic mass is 9.76. The molecule has 0 aromatic carbocycles. The van der Waals surface area contributed by atoms with Gasteiger partial charge in [-0.3, -0.25) is 4.79 Å². The second kappa shape index (κ2) is 2.77. The minimum absolute atomic E-state index is 0.190. The monoisotopic (exact) mass is 163 g/mol. The van der Waals surface area contributed by atoms with Crippen LogP contribution < -0.4 is 5.32 Å². The number of rotatable bonds is 0. The Morgan fingerprint density at radius 3 is 3.25 bits per heavy atom. The van der Waals surface area contributed by atoms with Crippen LogP contribution in [0, 0.1) is 11.8 Å². The third kappa shape index (κ3) is 1.17. The molecule has 1 saturated carbocycles. The first-order valence-corrected chi connectivity index (χ1v) is 4.41. The van der Waals surface area contributed by atoms with Gasteiger partial charge >= 0.3 is 0 Å². The molecule has 0 aromatic rings. The van der Waals surface area contributed by atoms with E-state index in [1.807, 2.05) is 0 Å². The normalized spacial score (nSPS) is 34.3. The molecule has 0 saturated heterocycles. The van der Waals surface area contributed by atoms with Crippen molar-refractivity contribution in [1.29, 1.82) is 0 Å². The Balaban J connectivity index is 2.18. The predicted octanol–water partition coefficient (Wildman–Crippen LogP) is 1.60. The van der Waals surface area contributed by atoms with E-state index in [-0.39, 0.29) is 11.8 Å². The van der Waals surface area contributed by atoms with E-state index in [0.717, 1.165) is 19.3 Å². The summed E-state index contributed by atoms with van der Waals surface area (Å²) in [4.78, 5) is 11.3. The molecule has 1 amide bonds. The van der Waals surface area contributed by atoms with Gasteiger partial charge in [0.2, 0.25) is 5.91 Å². The maximum Gasteiger partial charge on any atom is 0.227 e. The number of carbonyl (C=O) groups excluding carboxylic acids is 1. The van der Waals surface area contributed by atoms with Crippen LogP contribution in [0.4, 0.5) is 0 Å². The average molecular weight is 163 g/mol. The first-order valence-electron chi connectivity index (χ1n) is 4.41. The summed E-state index contributed by atoms with van der Waals surface area (Å²) in [7, 11) is 0. The quantitative estimate of drug-likeness (QED) is 0.540. The summed E-state index contributed by atoms with van der Waals surface area (Å²) >= 11 is 0. The zero-order valence-corrected chi connectivity index (χ0v) is 7.05. The van der Waals surface area contributed by atoms with Gasteiger partial charge in [0.25, 0.3) is 0 Å². The van der Waals surface area contributed by atoms with E-state index in [0.29, 0.717) is 5.92 Å². The first-order chi connectivity index (χ1) is 5.77. The average Bonchev–Trinajstić information content (AvgIpc) is 2.04. The van der Waals surface area contributed by atoms with Gasteiger partial charge in [-0.05, 0) is 25.2 Å². The van der Waals surface area contributed by atoms with Crippen molar-refractivity contribution in [2.24, 2.45) is 11.8 Å². The highest BCUT2D eigenvalue weighted by molar-refractivity contribution is 5.81. The van der Waals surface area contributed by atoms with Crippen LogP contribution in [0.3, 0.4) is 0 Å². The number of carbonyl (C=O) groups is 1. The Bertz CT molecular complexity index is 255. The van der Waals surface area contributed by atoms with E-state index in [4.69, 9.17) is 0 Å². The minimum Gasteiger partial charge on any atom is -0.333 e. The number of hydrogen-bond acceptors (Lipinski definition) is 1. The van der Waals surface area contributed by atoms with Gasteiger partial charge in [-0.15, -0.1) is 0 Å². The molecule has 64 valence electrons. The molecule has 0 aromatic heterocycles. The van der Waals surface area contributed by atoms with Crippen molar-refractivity contribution in [3.63, 3.8) is 0 Å². The van der Waals surface area contributed by atoms with Gasteiger partial charge in [-0.25, -0.2) is 0 Å². The summed E-state index contributed by atoms with van der Waals surface area (Å²) in [5.41, 5.74) is 1.29. The predicted molar refractivity (Wildman–Crippen MR) is 47.3 cm³/mol. The largest absolute Gasteiger partial charge is 0.333 e. The molecule has 2 unspecified atom stereocenters. The van der Waals surface area contributed by atoms with Crippen molar-refractivity contribution in [1.82, 2.24) is 5.32 Å². The molecule has 1 N–H and O–H groups in total. The molecule has 1 fully saturated rings. The molecule has 0 radical (unpaired) electrons. The fourth-order valence-corrected chi connectivity index (χ4v) is 2.04. The Hall–Kier alpha value is -1.05. The van der Waals surface area contributed by atoms with E-state index in [2.05, 4.69) is 18.0 Å². The fraction of sp³-hybridized carbons (Fsp3) is 0.500. The minimum atomic E-state index is 0.190. The molecule has 12 heavy (non-hydrogen) atoms. The lowest BCUT2D eigenvalue weighted by Gasteiger charge is -2.31. The highest BCUT2D eigenvalue weighted by Gasteiger charge is 2.32. The van der Waals surface area contributed by atoms with Gasteiger partial charge in [-0.1, -0.05) is 18.2 Å². The highest BCUT2D eigenvalue weighted by atomic mass is 16.1. The molecule has 2 heteroatoms. The lowest BCUT2D eigenvalue weighted by Crippen LogP contribution is -2.37. The van der Waals surface area contributed by atoms with E-state index in [1.54, 1.807) is 6.20 Å². The molecular weight excluding hydrogens is 150 g/mol. The number of allylic oxidation sites excluding steroid dienone is 2. The lowest BCUT2D eigenvalue weighted by molar-refractivity contribution is -0.126. The summed E-state index contributed by atoms with van der Waals surface area (Å²) in [5.74, 6) is 0.815. The molecule has 2 aliphatic rings. The van der Waals surface area contributed by atoms with Crippen LogP contribution in [0.25, 0.3) is 0 Å². The van der Waals surface area contributed by atoms with Crippen LogP contribution in [0.15, 0.2) is 24.4 Å². The van der Waals surface area contributed by atoms with E-state index in [1.165, 1.54) is 5.57 Å². The van der Waals surface area contributed by atoms with Crippen LogP contribution in [-0.2, 0) is 4.79 Å². The second-order valence-corrected chi connectivity index (χ2v) is 3.63. The smallest absolute Gasteiger partial charge is 0.227 e. The molecule has 2 atom stereocenters. The summed E-state index contributed by atoms with van der Waals surface area (Å²) in [6.45, 7) is 3.96. The van der Waals surface area contributed by atoms with Crippen LogP contribution in [0.2, 0.25) is 0 Å². The van der Waals surface area contributed by atoms with Gasteiger partial charge in [0.15, 0.2) is 0 Å². The summed E-state index contributed by atoms with van der Waals surface area (Å²) < 4.78 is 0. The maximum atomic E-state index is 11.3. The van der Waals surface area contributed by atoms with Gasteiger partial charge in [-0.2, -0.15) is 0 Å². The topological polar surface area (TPSA) is 29.1 Å². The van der Waals surface area contributed by atoms with E-state index >= 15 is 0 Å². The first kappa shape index (κ1) is 7.59. The Labute approximate surface area is 72.3 Å². The molecule has 0 bridgehead atoms. The number of nitrogens with one attached hydrogen (secondary N) is 1. The van der Waals surface area contributed by atoms with Crippen molar-refractivity contribution >= 4 is 5.91 Å². The van der Waals surface area contributed by atoms with Gasteiger partial charge in [0.1, 0.15) is 0 Å². The van der Waals surface area contributed by atoms with Gasteiger partial charge in [0, 0.05) is 12.1 Å². The fourth-order valence-electron chi connectivity index (χ4n) is 2.04. The number of hydrogen-bond donors (Lipinski definition) is 1. The van der Waals surface area contributed by atoms with Crippen molar-refractivity contribution in [3.8, 4) is 0 Å². The van der Waals surface area contributed by atoms with Crippen LogP contribution in [-0.4, -0.2) is 5.91 Å². The molecule has 0 spiro atoms. The molecular formula is C10H13NO. The molecule has 1 heterocycles. The molecule has 2 rings (SSSR count). The summed E-state index contributed by atoms with van der Waals surface area (Å²) in [6, 6.07) is 0. The van der Waals surface area contributed by atoms with Crippen molar-refractivity contribution in [2.45, 2.75) is 19.3 Å². The Morgan fingerprint density at radius 1 is 1.58 bits per heavy atom. The van der Waals surface area contributed by atoms with Crippen molar-refractivity contribution in [3.05, 3.63) is 24.4 Å². The Kier molecular flexibility index (Phi) is 1.75. The summed E-state index contributed by atoms with van der Waals surface area (Å²) in [6.07, 6.45) is 6.84. The van der Waals surface area contributed by atoms with E-state index < -0.39 is 0 Å². The SMILES string of the molecule is C=C1CCC2C(=O)NC=CC2C1. The second-order valence-electron chi connectivity index (χ2n) is 3.63. The highest BCUT2D eigenvalue weighted by Crippen LogP contribution is 2.34. The van der Waals surface area contributed by atoms with Gasteiger partial charge in [0.05, 0.1) is 0 Å². The van der Waals surface area contributed by atoms with Crippen molar-refractivity contribution < 1.29 is 4.79 Å². The zero-order chi connectivity index (χ0) is 8.55. The third-order valence-corrected chi connectivity index (χ3v) is 2.76. The van der Waals surface area contributed by atoms with E-state index in [9.17, 15) is 4.79 Å². The Morgan fingerprint density at radius 2 is 2.42 bits per heavy atom. The molecule has 2 nitrogen and oxygen atoms in total. The number of fused-ring (bicyclic) bond motifs is 1. The zero-order valence-electron chi connectivity index (χ0n) is 7.05.